The minimum Gasteiger partial charge on any atom is -0.331 e. The Bertz CT molecular complexity index is 609. The number of anilines is 1. The van der Waals surface area contributed by atoms with E-state index in [4.69, 9.17) is 0 Å². The number of urea groups is 1. The standard InChI is InChI=1S/C14H20N6O/c1-10(15-2)11-5-4-6-12(7-11)18-14(21)16-8-13-19-17-9-20(13)3/h4-7,9-10,15H,8H2,1-3H3,(H2,16,18,21). The summed E-state index contributed by atoms with van der Waals surface area (Å²) in [5.74, 6) is 0.697. The number of hydrogen-bond donors (Lipinski definition) is 3. The van der Waals surface area contributed by atoms with E-state index in [1.165, 1.54) is 0 Å². The molecule has 0 aliphatic carbocycles. The molecule has 0 aliphatic rings. The summed E-state index contributed by atoms with van der Waals surface area (Å²) in [5.41, 5.74) is 1.87. The number of aryl methyl sites for hydroxylation is 1. The molecule has 1 aromatic carbocycles. The van der Waals surface area contributed by atoms with Crippen LogP contribution in [0, 0.1) is 0 Å². The fraction of sp³-hybridized carbons (Fsp3) is 0.357. The van der Waals surface area contributed by atoms with E-state index in [0.29, 0.717) is 12.4 Å². The number of nitrogens with zero attached hydrogens (tertiary/aromatic N) is 3. The lowest BCUT2D eigenvalue weighted by atomic mass is 10.1. The highest BCUT2D eigenvalue weighted by Crippen LogP contribution is 2.16. The normalized spacial score (nSPS) is 12.0. The maximum atomic E-state index is 11.9. The van der Waals surface area contributed by atoms with E-state index in [1.54, 1.807) is 10.9 Å². The molecule has 21 heavy (non-hydrogen) atoms. The molecule has 0 saturated heterocycles. The van der Waals surface area contributed by atoms with Gasteiger partial charge in [-0.05, 0) is 31.7 Å². The van der Waals surface area contributed by atoms with Crippen LogP contribution in [-0.2, 0) is 13.6 Å². The lowest BCUT2D eigenvalue weighted by molar-refractivity contribution is 0.251. The predicted molar refractivity (Wildman–Crippen MR) is 80.8 cm³/mol. The summed E-state index contributed by atoms with van der Waals surface area (Å²) in [7, 11) is 3.73. The maximum absolute atomic E-state index is 11.9. The van der Waals surface area contributed by atoms with Crippen molar-refractivity contribution in [1.29, 1.82) is 0 Å². The molecule has 1 unspecified atom stereocenters. The lowest BCUT2D eigenvalue weighted by Crippen LogP contribution is -2.29. The number of amides is 2. The minimum atomic E-state index is -0.271. The first-order valence-electron chi connectivity index (χ1n) is 6.75. The second-order valence-electron chi connectivity index (χ2n) is 4.80. The van der Waals surface area contributed by atoms with Gasteiger partial charge in [0.15, 0.2) is 5.82 Å². The topological polar surface area (TPSA) is 83.9 Å². The van der Waals surface area contributed by atoms with Gasteiger partial charge in [0.05, 0.1) is 6.54 Å². The van der Waals surface area contributed by atoms with Gasteiger partial charge in [-0.15, -0.1) is 10.2 Å². The Labute approximate surface area is 123 Å². The summed E-state index contributed by atoms with van der Waals surface area (Å²) in [6, 6.07) is 7.70. The Morgan fingerprint density at radius 1 is 1.43 bits per heavy atom. The molecule has 3 N–H and O–H groups in total. The number of aromatic nitrogens is 3. The van der Waals surface area contributed by atoms with E-state index in [2.05, 4.69) is 33.1 Å². The van der Waals surface area contributed by atoms with Crippen molar-refractivity contribution in [2.24, 2.45) is 7.05 Å². The highest BCUT2D eigenvalue weighted by Gasteiger charge is 2.07. The molecule has 0 fully saturated rings. The smallest absolute Gasteiger partial charge is 0.319 e. The van der Waals surface area contributed by atoms with Gasteiger partial charge in [0.25, 0.3) is 0 Å². The number of hydrogen-bond acceptors (Lipinski definition) is 4. The highest BCUT2D eigenvalue weighted by molar-refractivity contribution is 5.89. The molecule has 7 nitrogen and oxygen atoms in total. The first-order chi connectivity index (χ1) is 10.1. The number of carbonyl (C=O) groups is 1. The third kappa shape index (κ3) is 4.03. The Balaban J connectivity index is 1.92. The molecule has 1 aromatic heterocycles. The summed E-state index contributed by atoms with van der Waals surface area (Å²) >= 11 is 0. The zero-order valence-corrected chi connectivity index (χ0v) is 12.4. The van der Waals surface area contributed by atoms with Crippen molar-refractivity contribution in [2.45, 2.75) is 19.5 Å². The molecule has 112 valence electrons. The SMILES string of the molecule is CNC(C)c1cccc(NC(=O)NCc2nncn2C)c1. The van der Waals surface area contributed by atoms with E-state index in [-0.39, 0.29) is 12.1 Å². The highest BCUT2D eigenvalue weighted by atomic mass is 16.2. The Morgan fingerprint density at radius 2 is 2.24 bits per heavy atom. The molecule has 2 aromatic rings. The van der Waals surface area contributed by atoms with E-state index in [9.17, 15) is 4.79 Å². The summed E-state index contributed by atoms with van der Waals surface area (Å²) in [6.45, 7) is 2.39. The van der Waals surface area contributed by atoms with E-state index in [0.717, 1.165) is 11.3 Å². The van der Waals surface area contributed by atoms with Crippen LogP contribution in [0.3, 0.4) is 0 Å². The maximum Gasteiger partial charge on any atom is 0.319 e. The lowest BCUT2D eigenvalue weighted by Gasteiger charge is -2.13. The van der Waals surface area contributed by atoms with E-state index >= 15 is 0 Å². The van der Waals surface area contributed by atoms with Gasteiger partial charge in [-0.2, -0.15) is 0 Å². The second kappa shape index (κ2) is 6.85. The molecular formula is C14H20N6O. The summed E-state index contributed by atoms with van der Waals surface area (Å²) in [5, 5.41) is 16.4. The van der Waals surface area contributed by atoms with Gasteiger partial charge in [-0.1, -0.05) is 12.1 Å². The first-order valence-corrected chi connectivity index (χ1v) is 6.75. The van der Waals surface area contributed by atoms with Crippen LogP contribution in [0.2, 0.25) is 0 Å². The van der Waals surface area contributed by atoms with Gasteiger partial charge in [0.1, 0.15) is 6.33 Å². The monoisotopic (exact) mass is 288 g/mol. The van der Waals surface area contributed by atoms with Crippen molar-refractivity contribution in [3.63, 3.8) is 0 Å². The third-order valence-electron chi connectivity index (χ3n) is 3.29. The molecule has 2 amide bonds. The zero-order valence-electron chi connectivity index (χ0n) is 12.4. The summed E-state index contributed by atoms with van der Waals surface area (Å²) in [6.07, 6.45) is 1.59. The molecular weight excluding hydrogens is 268 g/mol. The number of benzene rings is 1. The van der Waals surface area contributed by atoms with Crippen molar-refractivity contribution in [3.05, 3.63) is 42.0 Å². The molecule has 2 rings (SSSR count). The van der Waals surface area contributed by atoms with Crippen molar-refractivity contribution < 1.29 is 4.79 Å². The number of carbonyl (C=O) groups excluding carboxylic acids is 1. The fourth-order valence-corrected chi connectivity index (χ4v) is 1.85. The molecule has 1 heterocycles. The van der Waals surface area contributed by atoms with Crippen LogP contribution < -0.4 is 16.0 Å². The third-order valence-corrected chi connectivity index (χ3v) is 3.29. The first kappa shape index (κ1) is 15.0. The number of nitrogens with one attached hydrogen (secondary N) is 3. The van der Waals surface area contributed by atoms with Crippen LogP contribution in [0.1, 0.15) is 24.4 Å². The molecule has 0 radical (unpaired) electrons. The van der Waals surface area contributed by atoms with Crippen molar-refractivity contribution in [1.82, 2.24) is 25.4 Å². The van der Waals surface area contributed by atoms with Crippen LogP contribution >= 0.6 is 0 Å². The average Bonchev–Trinajstić information content (AvgIpc) is 2.90. The quantitative estimate of drug-likeness (QED) is 0.777. The summed E-state index contributed by atoms with van der Waals surface area (Å²) < 4.78 is 1.76. The van der Waals surface area contributed by atoms with Gasteiger partial charge in [0, 0.05) is 18.8 Å². The fourth-order valence-electron chi connectivity index (χ4n) is 1.85. The Morgan fingerprint density at radius 3 is 2.90 bits per heavy atom. The van der Waals surface area contributed by atoms with Gasteiger partial charge >= 0.3 is 6.03 Å². The molecule has 0 bridgehead atoms. The van der Waals surface area contributed by atoms with Crippen molar-refractivity contribution in [3.8, 4) is 0 Å². The summed E-state index contributed by atoms with van der Waals surface area (Å²) in [4.78, 5) is 11.9. The zero-order chi connectivity index (χ0) is 15.2. The van der Waals surface area contributed by atoms with Gasteiger partial charge in [0.2, 0.25) is 0 Å². The Hall–Kier alpha value is -2.41. The second-order valence-corrected chi connectivity index (χ2v) is 4.80. The van der Waals surface area contributed by atoms with Gasteiger partial charge < -0.3 is 20.5 Å². The molecule has 7 heteroatoms. The molecule has 0 aliphatic heterocycles. The number of rotatable bonds is 5. The van der Waals surface area contributed by atoms with E-state index in [1.807, 2.05) is 38.4 Å². The van der Waals surface area contributed by atoms with Gasteiger partial charge in [-0.3, -0.25) is 0 Å². The average molecular weight is 288 g/mol. The largest absolute Gasteiger partial charge is 0.331 e. The molecule has 0 spiro atoms. The van der Waals surface area contributed by atoms with Crippen LogP contribution in [0.25, 0.3) is 0 Å². The Kier molecular flexibility index (Phi) is 4.89. The van der Waals surface area contributed by atoms with Crippen LogP contribution in [0.5, 0.6) is 0 Å². The predicted octanol–water partition coefficient (Wildman–Crippen LogP) is 1.42. The molecule has 1 atom stereocenters. The van der Waals surface area contributed by atoms with Crippen molar-refractivity contribution in [2.75, 3.05) is 12.4 Å². The van der Waals surface area contributed by atoms with Crippen molar-refractivity contribution >= 4 is 11.7 Å². The van der Waals surface area contributed by atoms with Crippen LogP contribution in [0.4, 0.5) is 10.5 Å². The van der Waals surface area contributed by atoms with Gasteiger partial charge in [-0.25, -0.2) is 4.79 Å². The minimum absolute atomic E-state index is 0.230. The molecule has 0 saturated carbocycles. The van der Waals surface area contributed by atoms with E-state index < -0.39 is 0 Å². The van der Waals surface area contributed by atoms with Crippen LogP contribution in [0.15, 0.2) is 30.6 Å². The van der Waals surface area contributed by atoms with Crippen LogP contribution in [-0.4, -0.2) is 27.8 Å².